The highest BCUT2D eigenvalue weighted by molar-refractivity contribution is 5.76. The smallest absolute Gasteiger partial charge is 0.335 e. The normalized spacial score (nSPS) is 47.8. The molecule has 63 heteroatoms. The molecular formula is C78H128N6O57. The molecule has 35 N–H and O–H groups in total. The summed E-state index contributed by atoms with van der Waals surface area (Å²) in [6, 6.07) is -11.5. The molecule has 11 saturated heterocycles. The van der Waals surface area contributed by atoms with Crippen molar-refractivity contribution in [1.29, 1.82) is 0 Å². The maximum Gasteiger partial charge on any atom is 0.335 e. The molecule has 0 unspecified atom stereocenters. The summed E-state index contributed by atoms with van der Waals surface area (Å²) in [5, 5.41) is 341. The Morgan fingerprint density at radius 2 is 0.454 bits per heavy atom. The van der Waals surface area contributed by atoms with Crippen LogP contribution in [-0.2, 0) is 133 Å². The molecule has 11 aliphatic rings. The fourth-order valence-electron chi connectivity index (χ4n) is 18.2. The Labute approximate surface area is 797 Å². The van der Waals surface area contributed by atoms with Gasteiger partial charge in [-0.1, -0.05) is 0 Å². The number of rotatable bonds is 37. The van der Waals surface area contributed by atoms with E-state index in [-0.39, 0.29) is 0 Å². The summed E-state index contributed by atoms with van der Waals surface area (Å²) in [6.45, 7) is -6.28. The molecule has 0 spiro atoms. The summed E-state index contributed by atoms with van der Waals surface area (Å²) in [7, 11) is 0. The molecule has 0 aromatic carbocycles. The van der Waals surface area contributed by atoms with E-state index in [0.29, 0.717) is 0 Å². The summed E-state index contributed by atoms with van der Waals surface area (Å²) < 4.78 is 125. The molecule has 11 aliphatic heterocycles. The summed E-state index contributed by atoms with van der Waals surface area (Å²) in [4.78, 5) is 89.6. The van der Waals surface area contributed by atoms with E-state index < -0.39 is 445 Å². The molecular weight excluding hydrogens is 1930 g/mol. The number of amides is 6. The van der Waals surface area contributed by atoms with Gasteiger partial charge in [-0.05, 0) is 0 Å². The number of hydrogen-bond donors (Lipinski definition) is 35. The Morgan fingerprint density at radius 3 is 0.837 bits per heavy atom. The lowest BCUT2D eigenvalue weighted by Gasteiger charge is -2.51. The molecule has 141 heavy (non-hydrogen) atoms. The molecule has 812 valence electrons. The Bertz CT molecular complexity index is 4010. The van der Waals surface area contributed by atoms with Gasteiger partial charge in [0.05, 0.1) is 66.1 Å². The third-order valence-corrected chi connectivity index (χ3v) is 25.4. The summed E-state index contributed by atoms with van der Waals surface area (Å²) in [6.07, 6.45) is -107. The van der Waals surface area contributed by atoms with Crippen molar-refractivity contribution < 1.29 is 281 Å². The van der Waals surface area contributed by atoms with Gasteiger partial charge >= 0.3 is 5.97 Å². The van der Waals surface area contributed by atoms with Crippen LogP contribution in [0.5, 0.6) is 0 Å². The Kier molecular flexibility index (Phi) is 41.5. The Balaban J connectivity index is 0.904. The van der Waals surface area contributed by atoms with Gasteiger partial charge in [-0.2, -0.15) is 0 Å². The fraction of sp³-hybridized carbons (Fsp3) is 0.910. The van der Waals surface area contributed by atoms with Crippen LogP contribution in [0.1, 0.15) is 41.5 Å². The molecule has 0 aromatic rings. The number of aliphatic hydroxyl groups excluding tert-OH is 28. The standard InChI is InChI=1S/C78H128N6O57/c1-17(94)79-33-46(107)57(28(12-90)122-68(33)120)132-70-35(81-19(3)96)49(110)60(31(15-93)128-70)135-76-56(117)63(138-78-66(52(113)41(102)25(9-87)127-78)141-72-37(83-21(5)98)47(108)58(29(13-91)130-72)133-69-34(80-18(2)95)45(106)39(100)23(7-85)123-69)44(105)32(131-76)16-121-77-65(51(112)40(101)24(8-86)126-77)140-71-36(82-20(4)97)48(109)59(30(14-92)129-71)134-73-38(84-22(6)99)61(42(103)26(10-88)124-73)136-75-55(116)62(43(104)27(11-89)125-75)137-74-54(115)50(111)53(114)64(139-74)67(118)119/h23-66,68-78,85-93,100-117,120H,7-16H2,1-6H3,(H,79,94)(H,80,95)(H,81,96)(H,82,97)(H,83,98)(H,84,99)(H,118,119)/t23-,24-,25-,26-,27-,28-,29-,30-,31-,32-,33-,34-,35-,36-,37-,38-,39+,40-,41-,42+,43+,44-,45-,46-,47-,48-,49-,50+,51+,52+,53+,54-,55-,56+,57-,58-,59-,60-,61-,62+,63+,64+,65+,66+,68-,69+,70+,71+,72+,73+,74-,75+,76+,77+,78-/m1/s1. The van der Waals surface area contributed by atoms with Gasteiger partial charge in [0, 0.05) is 41.5 Å². The summed E-state index contributed by atoms with van der Waals surface area (Å²) >= 11 is 0. The minimum absolute atomic E-state index is 0.820. The molecule has 0 aromatic heterocycles. The molecule has 0 saturated carbocycles. The first-order valence-electron chi connectivity index (χ1n) is 44.6. The lowest BCUT2D eigenvalue weighted by molar-refractivity contribution is -0.398. The average molecular weight is 2060 g/mol. The zero-order chi connectivity index (χ0) is 104. The monoisotopic (exact) mass is 2060 g/mol. The molecule has 0 bridgehead atoms. The van der Waals surface area contributed by atoms with Gasteiger partial charge in [-0.15, -0.1) is 0 Å². The van der Waals surface area contributed by atoms with Crippen molar-refractivity contribution in [3.8, 4) is 0 Å². The zero-order valence-corrected chi connectivity index (χ0v) is 75.7. The van der Waals surface area contributed by atoms with Crippen molar-refractivity contribution in [3.63, 3.8) is 0 Å². The molecule has 0 aliphatic carbocycles. The van der Waals surface area contributed by atoms with Crippen LogP contribution < -0.4 is 31.9 Å². The molecule has 6 amide bonds. The first-order chi connectivity index (χ1) is 66.6. The van der Waals surface area contributed by atoms with Gasteiger partial charge in [0.15, 0.2) is 75.3 Å². The highest BCUT2D eigenvalue weighted by Gasteiger charge is 2.64. The van der Waals surface area contributed by atoms with Crippen molar-refractivity contribution in [2.75, 3.05) is 66.1 Å². The predicted molar refractivity (Wildman–Crippen MR) is 432 cm³/mol. The van der Waals surface area contributed by atoms with E-state index in [1.54, 1.807) is 0 Å². The summed E-state index contributed by atoms with van der Waals surface area (Å²) in [5.74, 6) is -7.59. The quantitative estimate of drug-likeness (QED) is 0.0275. The van der Waals surface area contributed by atoms with Gasteiger partial charge in [0.2, 0.25) is 35.4 Å². The van der Waals surface area contributed by atoms with Crippen LogP contribution in [0, 0.1) is 0 Å². The lowest BCUT2D eigenvalue weighted by Crippen LogP contribution is -2.71. The average Bonchev–Trinajstić information content (AvgIpc) is 0.761. The molecule has 11 fully saturated rings. The Hall–Kier alpha value is -5.67. The van der Waals surface area contributed by atoms with Gasteiger partial charge < -0.3 is 279 Å². The molecule has 11 rings (SSSR count). The molecule has 0 radical (unpaired) electrons. The van der Waals surface area contributed by atoms with E-state index in [4.69, 9.17) is 99.5 Å². The predicted octanol–water partition coefficient (Wildman–Crippen LogP) is -24.0. The number of carboxylic acid groups (broad SMARTS) is 1. The van der Waals surface area contributed by atoms with Crippen molar-refractivity contribution >= 4 is 41.4 Å². The highest BCUT2D eigenvalue weighted by atomic mass is 16.8. The number of hydrogen-bond acceptors (Lipinski definition) is 56. The number of carbonyl (C=O) groups excluding carboxylic acids is 6. The topological polar surface area (TPSA) is 972 Å². The number of nitrogens with one attached hydrogen (secondary N) is 6. The van der Waals surface area contributed by atoms with Crippen molar-refractivity contribution in [1.82, 2.24) is 31.9 Å². The number of aliphatic hydroxyl groups is 28. The third kappa shape index (κ3) is 25.9. The minimum atomic E-state index is -2.66. The van der Waals surface area contributed by atoms with Crippen molar-refractivity contribution in [3.05, 3.63) is 0 Å². The van der Waals surface area contributed by atoms with Crippen LogP contribution in [0.25, 0.3) is 0 Å². The van der Waals surface area contributed by atoms with Gasteiger partial charge in [-0.3, -0.25) is 28.8 Å². The molecule has 55 atom stereocenters. The van der Waals surface area contributed by atoms with Crippen molar-refractivity contribution in [2.45, 2.75) is 379 Å². The number of aliphatic carboxylic acids is 1. The van der Waals surface area contributed by atoms with E-state index in [9.17, 15) is 182 Å². The maximum atomic E-state index is 13.4. The van der Waals surface area contributed by atoms with E-state index in [1.165, 1.54) is 0 Å². The fourth-order valence-corrected chi connectivity index (χ4v) is 18.2. The van der Waals surface area contributed by atoms with Crippen LogP contribution in [0.2, 0.25) is 0 Å². The second-order valence-electron chi connectivity index (χ2n) is 35.3. The van der Waals surface area contributed by atoms with E-state index in [2.05, 4.69) is 31.9 Å². The maximum absolute atomic E-state index is 13.4. The van der Waals surface area contributed by atoms with E-state index >= 15 is 0 Å². The van der Waals surface area contributed by atoms with Crippen LogP contribution in [0.3, 0.4) is 0 Å². The van der Waals surface area contributed by atoms with Gasteiger partial charge in [0.1, 0.15) is 262 Å². The third-order valence-electron chi connectivity index (χ3n) is 25.4. The van der Waals surface area contributed by atoms with Gasteiger partial charge in [0.25, 0.3) is 0 Å². The SMILES string of the molecule is CC(=O)N[C@@H]1[C@@H](O)[C@H](O[C@@H]2O[C@H](CO)[C@@H](O[C@@H]3O[C@H](CO[C@H]4O[C@H](CO)[C@@H](O)[C@H](O)[C@@H]4O[C@@H]4O[C@H](CO)[C@@H](O[C@@H]5O[C@H](CO)[C@H](O)[C@H](O[C@@H]6O[C@H](CO)[C@H](O)[C@H](O[C@@H]7O[C@H](C(=O)O)[C@@H](O)[C@H](O)[C@H]7O)[C@H]6O)[C@H]5NC(C)=O)[C@H](O)[C@H]4NC(C)=O)[C@@H](O)[C@H](O[C@H]4O[C@H](CO)[C@@H](O)[C@H](O)[C@@H]4O[C@@H]4O[C@H](CO)[C@@H](O[C@@H]5O[C@H](CO)[C@H](O)[C@H](O)[C@H]5NC(C)=O)[C@H](O)[C@H]4NC(C)=O)[C@@H]3O)[C@H](O)[C@H]2NC(C)=O)[C@@H](CO)O[C@H]1O. The number of carbonyl (C=O) groups is 7. The van der Waals surface area contributed by atoms with Crippen molar-refractivity contribution in [2.24, 2.45) is 0 Å². The number of ether oxygens (including phenoxy) is 21. The van der Waals surface area contributed by atoms with Crippen LogP contribution in [0.15, 0.2) is 0 Å². The zero-order valence-electron chi connectivity index (χ0n) is 75.7. The lowest BCUT2D eigenvalue weighted by atomic mass is 9.93. The van der Waals surface area contributed by atoms with Crippen LogP contribution in [0.4, 0.5) is 0 Å². The first-order valence-corrected chi connectivity index (χ1v) is 44.6. The number of carboxylic acids is 1. The largest absolute Gasteiger partial charge is 0.479 e. The first kappa shape index (κ1) is 116. The van der Waals surface area contributed by atoms with E-state index in [1.807, 2.05) is 0 Å². The van der Waals surface area contributed by atoms with E-state index in [0.717, 1.165) is 41.5 Å². The second kappa shape index (κ2) is 50.6. The van der Waals surface area contributed by atoms with Crippen LogP contribution >= 0.6 is 0 Å². The van der Waals surface area contributed by atoms with Gasteiger partial charge in [-0.25, -0.2) is 4.79 Å². The summed E-state index contributed by atoms with van der Waals surface area (Å²) in [5.41, 5.74) is 0. The second-order valence-corrected chi connectivity index (χ2v) is 35.3. The highest BCUT2D eigenvalue weighted by Crippen LogP contribution is 2.42. The van der Waals surface area contributed by atoms with Crippen LogP contribution in [-0.4, -0.2) is 593 Å². The Morgan fingerprint density at radius 1 is 0.206 bits per heavy atom. The molecule has 63 nitrogen and oxygen atoms in total. The molecule has 11 heterocycles. The minimum Gasteiger partial charge on any atom is -0.479 e.